The molecule has 0 radical (unpaired) electrons. The lowest BCUT2D eigenvalue weighted by atomic mass is 10.0. The molecule has 1 heterocycles. The van der Waals surface area contributed by atoms with Crippen molar-refractivity contribution >= 4 is 12.6 Å². The molecule has 0 saturated carbocycles. The monoisotopic (exact) mass is 629 g/mol. The summed E-state index contributed by atoms with van der Waals surface area (Å²) in [5.41, 5.74) is 1.63. The van der Waals surface area contributed by atoms with Crippen LogP contribution in [0.5, 0.6) is 23.0 Å². The van der Waals surface area contributed by atoms with E-state index in [0.29, 0.717) is 53.5 Å². The van der Waals surface area contributed by atoms with Crippen LogP contribution in [0.4, 0.5) is 0 Å². The Balaban J connectivity index is 1.64. The number of aromatic hydroxyl groups is 2. The first-order valence-corrected chi connectivity index (χ1v) is 16.8. The summed E-state index contributed by atoms with van der Waals surface area (Å²) < 4.78 is 12.1. The fraction of sp³-hybridized carbons (Fsp3) is 0.432. The summed E-state index contributed by atoms with van der Waals surface area (Å²) in [6.45, 7) is 9.96. The maximum atomic E-state index is 11.1. The van der Waals surface area contributed by atoms with Crippen LogP contribution in [0.2, 0.25) is 0 Å². The first-order valence-electron chi connectivity index (χ1n) is 16.3. The molecule has 7 nitrogen and oxygen atoms in total. The van der Waals surface area contributed by atoms with E-state index in [-0.39, 0.29) is 23.1 Å². The summed E-state index contributed by atoms with van der Waals surface area (Å²) in [5, 5.41) is 22.2. The van der Waals surface area contributed by atoms with E-state index in [1.807, 2.05) is 36.4 Å². The molecular formula is C37H47N3O4S. The fourth-order valence-corrected chi connectivity index (χ4v) is 5.31. The minimum atomic E-state index is 0.00411. The number of aromatic nitrogens is 3. The van der Waals surface area contributed by atoms with Crippen LogP contribution in [0.1, 0.15) is 79.1 Å². The molecule has 4 rings (SSSR count). The largest absolute Gasteiger partial charge is 0.507 e. The number of hydrogen-bond donors (Lipinski definition) is 3. The Morgan fingerprint density at radius 1 is 0.622 bits per heavy atom. The van der Waals surface area contributed by atoms with Crippen molar-refractivity contribution < 1.29 is 19.7 Å². The molecule has 4 aromatic rings. The van der Waals surface area contributed by atoms with Crippen molar-refractivity contribution in [2.24, 2.45) is 11.8 Å². The number of phenols is 2. The molecule has 0 amide bonds. The van der Waals surface area contributed by atoms with Crippen LogP contribution in [0.3, 0.4) is 0 Å². The van der Waals surface area contributed by atoms with Crippen LogP contribution >= 0.6 is 12.6 Å². The zero-order valence-electron chi connectivity index (χ0n) is 27.0. The second-order valence-corrected chi connectivity index (χ2v) is 12.2. The number of phenolic OH excluding ortho intramolecular Hbond substituents is 2. The number of thiol groups is 1. The number of nitrogens with zero attached hydrogens (tertiary/aromatic N) is 3. The lowest BCUT2D eigenvalue weighted by molar-refractivity contribution is 0.232. The van der Waals surface area contributed by atoms with Gasteiger partial charge >= 0.3 is 0 Å². The van der Waals surface area contributed by atoms with E-state index in [1.54, 1.807) is 24.3 Å². The van der Waals surface area contributed by atoms with Gasteiger partial charge in [0.25, 0.3) is 0 Å². The Labute approximate surface area is 273 Å². The van der Waals surface area contributed by atoms with Crippen LogP contribution in [0, 0.1) is 11.8 Å². The molecule has 2 atom stereocenters. The van der Waals surface area contributed by atoms with E-state index < -0.39 is 0 Å². The number of ether oxygens (including phenoxy) is 2. The highest BCUT2D eigenvalue weighted by Crippen LogP contribution is 2.36. The van der Waals surface area contributed by atoms with Gasteiger partial charge in [0.15, 0.2) is 17.5 Å². The van der Waals surface area contributed by atoms with Gasteiger partial charge in [-0.2, -0.15) is 0 Å². The Kier molecular flexibility index (Phi) is 12.9. The van der Waals surface area contributed by atoms with E-state index in [4.69, 9.17) is 24.4 Å². The third-order valence-electron chi connectivity index (χ3n) is 8.24. The highest BCUT2D eigenvalue weighted by Gasteiger charge is 2.18. The van der Waals surface area contributed by atoms with Gasteiger partial charge in [-0.25, -0.2) is 15.0 Å². The highest BCUT2D eigenvalue weighted by molar-refractivity contribution is 7.80. The van der Waals surface area contributed by atoms with Crippen molar-refractivity contribution in [1.29, 1.82) is 0 Å². The average molecular weight is 630 g/mol. The lowest BCUT2D eigenvalue weighted by Gasteiger charge is -2.16. The molecule has 0 aliphatic heterocycles. The molecule has 3 aromatic carbocycles. The normalized spacial score (nSPS) is 12.6. The van der Waals surface area contributed by atoms with Crippen LogP contribution in [-0.4, -0.2) is 38.4 Å². The van der Waals surface area contributed by atoms with Crippen molar-refractivity contribution in [2.45, 2.75) is 84.0 Å². The minimum absolute atomic E-state index is 0.00411. The molecule has 0 aliphatic carbocycles. The van der Waals surface area contributed by atoms with Crippen molar-refractivity contribution in [1.82, 2.24) is 15.0 Å². The Morgan fingerprint density at radius 3 is 1.47 bits per heavy atom. The van der Waals surface area contributed by atoms with Crippen LogP contribution in [0.15, 0.2) is 65.6 Å². The third-order valence-corrected chi connectivity index (χ3v) is 8.54. The molecule has 0 aliphatic rings. The van der Waals surface area contributed by atoms with E-state index in [0.717, 1.165) is 49.0 Å². The van der Waals surface area contributed by atoms with Gasteiger partial charge in [-0.1, -0.05) is 78.4 Å². The SMILES string of the molecule is CCCCC(CC)COc1ccc(-c2nc(-c3ccc(S)cc3)nc(-c3ccc(OCC(CC)CCCC)cc3O)n2)c(O)c1. The zero-order chi connectivity index (χ0) is 32.2. The van der Waals surface area contributed by atoms with Gasteiger partial charge in [-0.3, -0.25) is 0 Å². The average Bonchev–Trinajstić information content (AvgIpc) is 3.05. The van der Waals surface area contributed by atoms with E-state index >= 15 is 0 Å². The number of hydrogen-bond acceptors (Lipinski definition) is 8. The summed E-state index contributed by atoms with van der Waals surface area (Å²) in [6.07, 6.45) is 9.02. The van der Waals surface area contributed by atoms with E-state index in [9.17, 15) is 10.2 Å². The molecule has 45 heavy (non-hydrogen) atoms. The summed E-state index contributed by atoms with van der Waals surface area (Å²) >= 11 is 4.41. The number of rotatable bonds is 17. The molecule has 0 saturated heterocycles. The summed E-state index contributed by atoms with van der Waals surface area (Å²) in [5.74, 6) is 3.12. The molecular weight excluding hydrogens is 582 g/mol. The Bertz CT molecular complexity index is 1420. The minimum Gasteiger partial charge on any atom is -0.507 e. The first kappa shape index (κ1) is 34.1. The van der Waals surface area contributed by atoms with E-state index in [2.05, 4.69) is 40.3 Å². The molecule has 1 aromatic heterocycles. The van der Waals surface area contributed by atoms with Crippen molar-refractivity contribution in [3.63, 3.8) is 0 Å². The highest BCUT2D eigenvalue weighted by atomic mass is 32.1. The predicted octanol–water partition coefficient (Wildman–Crippen LogP) is 9.76. The first-order chi connectivity index (χ1) is 21.8. The zero-order valence-corrected chi connectivity index (χ0v) is 27.9. The second kappa shape index (κ2) is 17.1. The second-order valence-electron chi connectivity index (χ2n) is 11.7. The van der Waals surface area contributed by atoms with Crippen LogP contribution < -0.4 is 9.47 Å². The Hall–Kier alpha value is -3.78. The topological polar surface area (TPSA) is 97.6 Å². The van der Waals surface area contributed by atoms with Gasteiger partial charge in [-0.15, -0.1) is 12.6 Å². The quantitative estimate of drug-likeness (QED) is 0.100. The Morgan fingerprint density at radius 2 is 1.07 bits per heavy atom. The summed E-state index contributed by atoms with van der Waals surface area (Å²) in [4.78, 5) is 14.9. The standard InChI is InChI=1S/C37H47N3O4S/c1-5-9-11-25(7-3)23-43-28-15-19-31(33(41)21-28)36-38-35(27-13-17-30(45)18-14-27)39-37(40-36)32-20-16-29(22-34(32)42)44-24-26(8-4)12-10-6-2/h13-22,25-26,41-42,45H,5-12,23-24H2,1-4H3. The van der Waals surface area contributed by atoms with Crippen molar-refractivity contribution in [3.8, 4) is 57.2 Å². The van der Waals surface area contributed by atoms with E-state index in [1.165, 1.54) is 12.8 Å². The molecule has 8 heteroatoms. The van der Waals surface area contributed by atoms with Gasteiger partial charge in [0.05, 0.1) is 24.3 Å². The molecule has 0 bridgehead atoms. The maximum Gasteiger partial charge on any atom is 0.167 e. The predicted molar refractivity (Wildman–Crippen MR) is 184 cm³/mol. The van der Waals surface area contributed by atoms with Crippen molar-refractivity contribution in [3.05, 3.63) is 60.7 Å². The lowest BCUT2D eigenvalue weighted by Crippen LogP contribution is -2.11. The molecule has 0 fully saturated rings. The smallest absolute Gasteiger partial charge is 0.167 e. The van der Waals surface area contributed by atoms with Gasteiger partial charge < -0.3 is 19.7 Å². The van der Waals surface area contributed by atoms with Gasteiger partial charge in [0, 0.05) is 22.6 Å². The number of benzene rings is 3. The van der Waals surface area contributed by atoms with Gasteiger partial charge in [-0.05, 0) is 61.1 Å². The maximum absolute atomic E-state index is 11.1. The van der Waals surface area contributed by atoms with Crippen LogP contribution in [0.25, 0.3) is 34.2 Å². The molecule has 2 unspecified atom stereocenters. The molecule has 240 valence electrons. The molecule has 0 spiro atoms. The third kappa shape index (κ3) is 9.60. The molecule has 2 N–H and O–H groups in total. The summed E-state index contributed by atoms with van der Waals surface area (Å²) in [7, 11) is 0. The van der Waals surface area contributed by atoms with Gasteiger partial charge in [0.2, 0.25) is 0 Å². The van der Waals surface area contributed by atoms with Crippen LogP contribution in [-0.2, 0) is 0 Å². The fourth-order valence-electron chi connectivity index (χ4n) is 5.16. The summed E-state index contributed by atoms with van der Waals surface area (Å²) in [6, 6.07) is 17.9. The van der Waals surface area contributed by atoms with Gasteiger partial charge in [0.1, 0.15) is 23.0 Å². The number of unbranched alkanes of at least 4 members (excludes halogenated alkanes) is 2. The van der Waals surface area contributed by atoms with Crippen molar-refractivity contribution in [2.75, 3.05) is 13.2 Å².